The number of hydrogen-bond acceptors (Lipinski definition) is 7. The molecular weight excluding hydrogens is 460 g/mol. The van der Waals surface area contributed by atoms with Gasteiger partial charge in [0.2, 0.25) is 10.0 Å². The number of thiophene rings is 1. The summed E-state index contributed by atoms with van der Waals surface area (Å²) in [6.45, 7) is 14.0. The summed E-state index contributed by atoms with van der Waals surface area (Å²) in [6.07, 6.45) is 0. The van der Waals surface area contributed by atoms with E-state index in [9.17, 15) is 18.3 Å². The van der Waals surface area contributed by atoms with Crippen molar-refractivity contribution in [1.29, 1.82) is 0 Å². The zero-order valence-electron chi connectivity index (χ0n) is 20.0. The van der Waals surface area contributed by atoms with Gasteiger partial charge < -0.3 is 10.4 Å². The fourth-order valence-electron chi connectivity index (χ4n) is 3.56. The van der Waals surface area contributed by atoms with Crippen molar-refractivity contribution in [3.05, 3.63) is 40.2 Å². The minimum atomic E-state index is -3.74. The van der Waals surface area contributed by atoms with E-state index in [-0.39, 0.29) is 21.7 Å². The van der Waals surface area contributed by atoms with Crippen LogP contribution < -0.4 is 5.32 Å². The number of amides is 1. The van der Waals surface area contributed by atoms with Crippen LogP contribution in [-0.2, 0) is 15.4 Å². The molecule has 10 heteroatoms. The highest BCUT2D eigenvalue weighted by atomic mass is 32.2. The average Bonchev–Trinajstić information content (AvgIpc) is 3.06. The molecule has 0 saturated carbocycles. The third-order valence-corrected chi connectivity index (χ3v) is 8.64. The lowest BCUT2D eigenvalue weighted by Gasteiger charge is -2.19. The molecule has 0 radical (unpaired) electrons. The highest BCUT2D eigenvalue weighted by molar-refractivity contribution is 7.89. The van der Waals surface area contributed by atoms with E-state index in [1.165, 1.54) is 33.8 Å². The van der Waals surface area contributed by atoms with Gasteiger partial charge in [0.1, 0.15) is 16.4 Å². The Hall–Kier alpha value is -2.56. The van der Waals surface area contributed by atoms with Crippen LogP contribution in [0.5, 0.6) is 5.75 Å². The van der Waals surface area contributed by atoms with Crippen LogP contribution in [0.15, 0.2) is 23.1 Å². The minimum absolute atomic E-state index is 0.00360. The molecule has 0 bridgehead atoms. The predicted octanol–water partition coefficient (Wildman–Crippen LogP) is 4.59. The molecule has 0 aliphatic heterocycles. The molecule has 0 fully saturated rings. The third-order valence-electron chi connectivity index (χ3n) is 5.41. The number of aromatic nitrogens is 2. The van der Waals surface area contributed by atoms with Crippen LogP contribution in [0.25, 0.3) is 10.2 Å². The molecule has 0 spiro atoms. The maximum atomic E-state index is 13.1. The third kappa shape index (κ3) is 4.73. The summed E-state index contributed by atoms with van der Waals surface area (Å²) < 4.78 is 27.0. The Morgan fingerprint density at radius 1 is 1.15 bits per heavy atom. The van der Waals surface area contributed by atoms with E-state index in [0.29, 0.717) is 23.8 Å². The van der Waals surface area contributed by atoms with Crippen LogP contribution in [0.3, 0.4) is 0 Å². The Morgan fingerprint density at radius 2 is 1.79 bits per heavy atom. The van der Waals surface area contributed by atoms with Crippen molar-refractivity contribution in [2.45, 2.75) is 58.8 Å². The zero-order chi connectivity index (χ0) is 24.7. The molecule has 0 unspecified atom stereocenters. The van der Waals surface area contributed by atoms with Gasteiger partial charge in [0.25, 0.3) is 5.91 Å². The lowest BCUT2D eigenvalue weighted by atomic mass is 9.95. The molecule has 3 rings (SSSR count). The minimum Gasteiger partial charge on any atom is -0.506 e. The first-order valence-electron chi connectivity index (χ1n) is 10.7. The van der Waals surface area contributed by atoms with Crippen molar-refractivity contribution in [3.8, 4) is 5.75 Å². The predicted molar refractivity (Wildman–Crippen MR) is 132 cm³/mol. The number of carbonyl (C=O) groups excluding carboxylic acids is 1. The Balaban J connectivity index is 2.01. The van der Waals surface area contributed by atoms with Crippen LogP contribution in [0.2, 0.25) is 0 Å². The van der Waals surface area contributed by atoms with Gasteiger partial charge in [-0.2, -0.15) is 4.31 Å². The highest BCUT2D eigenvalue weighted by Crippen LogP contribution is 2.35. The van der Waals surface area contributed by atoms with Crippen LogP contribution >= 0.6 is 11.3 Å². The number of sulfonamides is 1. The number of phenolic OH excluding ortho intramolecular Hbond substituents is 1. The quantitative estimate of drug-likeness (QED) is 0.489. The standard InChI is InChI=1S/C23H30N4O4S2/c1-8-27(9-2)33(30,31)15-10-11-17(28)16(12-15)25-20(29)19-13(3)18-14(4)24-22(23(5,6)7)26-21(18)32-19/h10-12,28H,8-9H2,1-7H3,(H,25,29). The Labute approximate surface area is 198 Å². The van der Waals surface area contributed by atoms with Gasteiger partial charge in [-0.15, -0.1) is 11.3 Å². The summed E-state index contributed by atoms with van der Waals surface area (Å²) in [5, 5.41) is 13.8. The summed E-state index contributed by atoms with van der Waals surface area (Å²) in [5.74, 6) is 0.0409. The van der Waals surface area contributed by atoms with E-state index in [2.05, 4.69) is 15.3 Å². The van der Waals surface area contributed by atoms with E-state index >= 15 is 0 Å². The van der Waals surface area contributed by atoms with Gasteiger partial charge in [-0.05, 0) is 37.6 Å². The van der Waals surface area contributed by atoms with Gasteiger partial charge in [0, 0.05) is 23.9 Å². The molecule has 8 nitrogen and oxygen atoms in total. The number of nitrogens with zero attached hydrogens (tertiary/aromatic N) is 3. The van der Waals surface area contributed by atoms with Crippen molar-refractivity contribution in [1.82, 2.24) is 14.3 Å². The summed E-state index contributed by atoms with van der Waals surface area (Å²) >= 11 is 1.25. The second-order valence-electron chi connectivity index (χ2n) is 8.84. The molecule has 0 aliphatic rings. The molecule has 2 heterocycles. The zero-order valence-corrected chi connectivity index (χ0v) is 21.6. The Kier molecular flexibility index (Phi) is 6.84. The lowest BCUT2D eigenvalue weighted by molar-refractivity contribution is 0.102. The van der Waals surface area contributed by atoms with Crippen LogP contribution in [0, 0.1) is 13.8 Å². The van der Waals surface area contributed by atoms with E-state index in [1.807, 2.05) is 34.6 Å². The maximum absolute atomic E-state index is 13.1. The number of phenols is 1. The van der Waals surface area contributed by atoms with Crippen LogP contribution in [0.1, 0.15) is 61.4 Å². The van der Waals surface area contributed by atoms with Crippen molar-refractivity contribution in [3.63, 3.8) is 0 Å². The molecule has 0 atom stereocenters. The van der Waals surface area contributed by atoms with Gasteiger partial charge in [-0.1, -0.05) is 34.6 Å². The van der Waals surface area contributed by atoms with Gasteiger partial charge in [-0.3, -0.25) is 4.79 Å². The first kappa shape index (κ1) is 25.1. The largest absolute Gasteiger partial charge is 0.506 e. The van der Waals surface area contributed by atoms with Crippen molar-refractivity contribution in [2.75, 3.05) is 18.4 Å². The summed E-state index contributed by atoms with van der Waals surface area (Å²) in [6, 6.07) is 3.89. The number of carbonyl (C=O) groups is 1. The average molecular weight is 491 g/mol. The van der Waals surface area contributed by atoms with Crippen LogP contribution in [0.4, 0.5) is 5.69 Å². The normalized spacial score (nSPS) is 12.5. The molecule has 1 amide bonds. The fraction of sp³-hybridized carbons (Fsp3) is 0.435. The molecule has 2 N–H and O–H groups in total. The second kappa shape index (κ2) is 9.00. The summed E-state index contributed by atoms with van der Waals surface area (Å²) in [4.78, 5) is 23.6. The number of rotatable bonds is 6. The molecule has 33 heavy (non-hydrogen) atoms. The summed E-state index contributed by atoms with van der Waals surface area (Å²) in [5.41, 5.74) is 1.34. The van der Waals surface area contributed by atoms with E-state index in [0.717, 1.165) is 21.5 Å². The molecule has 3 aromatic rings. The molecule has 178 valence electrons. The maximum Gasteiger partial charge on any atom is 0.266 e. The van der Waals surface area contributed by atoms with E-state index in [4.69, 9.17) is 0 Å². The SMILES string of the molecule is CCN(CC)S(=O)(=O)c1ccc(O)c(NC(=O)c2sc3nc(C(C)(C)C)nc(C)c3c2C)c1. The number of aromatic hydroxyl groups is 1. The molecule has 1 aromatic carbocycles. The smallest absolute Gasteiger partial charge is 0.266 e. The van der Waals surface area contributed by atoms with Gasteiger partial charge >= 0.3 is 0 Å². The monoisotopic (exact) mass is 490 g/mol. The number of benzene rings is 1. The lowest BCUT2D eigenvalue weighted by Crippen LogP contribution is -2.30. The van der Waals surface area contributed by atoms with Crippen LogP contribution in [-0.4, -0.2) is 46.8 Å². The van der Waals surface area contributed by atoms with E-state index < -0.39 is 15.9 Å². The van der Waals surface area contributed by atoms with Gasteiger partial charge in [-0.25, -0.2) is 18.4 Å². The van der Waals surface area contributed by atoms with Gasteiger partial charge in [0.05, 0.1) is 21.2 Å². The Bertz CT molecular complexity index is 1320. The second-order valence-corrected chi connectivity index (χ2v) is 11.8. The number of fused-ring (bicyclic) bond motifs is 1. The number of anilines is 1. The molecule has 0 aliphatic carbocycles. The first-order valence-corrected chi connectivity index (χ1v) is 13.0. The molecular formula is C23H30N4O4S2. The van der Waals surface area contributed by atoms with Gasteiger partial charge in [0.15, 0.2) is 0 Å². The Morgan fingerprint density at radius 3 is 2.36 bits per heavy atom. The number of nitrogens with one attached hydrogen (secondary N) is 1. The van der Waals surface area contributed by atoms with E-state index in [1.54, 1.807) is 13.8 Å². The van der Waals surface area contributed by atoms with Crippen molar-refractivity contribution < 1.29 is 18.3 Å². The molecule has 0 saturated heterocycles. The summed E-state index contributed by atoms with van der Waals surface area (Å²) in [7, 11) is -3.74. The highest BCUT2D eigenvalue weighted by Gasteiger charge is 2.25. The van der Waals surface area contributed by atoms with Crippen molar-refractivity contribution >= 4 is 43.2 Å². The van der Waals surface area contributed by atoms with Crippen molar-refractivity contribution in [2.24, 2.45) is 0 Å². The number of aryl methyl sites for hydroxylation is 2. The topological polar surface area (TPSA) is 112 Å². The molecule has 2 aromatic heterocycles. The fourth-order valence-corrected chi connectivity index (χ4v) is 6.17. The first-order chi connectivity index (χ1) is 15.3. The number of hydrogen-bond donors (Lipinski definition) is 2.